The number of amides is 1. The first kappa shape index (κ1) is 19.2. The van der Waals surface area contributed by atoms with Crippen molar-refractivity contribution in [2.75, 3.05) is 13.1 Å². The lowest BCUT2D eigenvalue weighted by Gasteiger charge is -2.22. The molecule has 1 aliphatic heterocycles. The van der Waals surface area contributed by atoms with E-state index in [9.17, 15) is 4.79 Å². The molecular formula is C25H32N2O. The molecule has 148 valence electrons. The first-order valence-electron chi connectivity index (χ1n) is 11.0. The molecule has 0 bridgehead atoms. The van der Waals surface area contributed by atoms with E-state index in [4.69, 9.17) is 0 Å². The summed E-state index contributed by atoms with van der Waals surface area (Å²) in [5.74, 6) is 0.0253. The van der Waals surface area contributed by atoms with E-state index in [1.165, 1.54) is 73.9 Å². The third-order valence-electron chi connectivity index (χ3n) is 6.31. The predicted molar refractivity (Wildman–Crippen MR) is 115 cm³/mol. The van der Waals surface area contributed by atoms with Gasteiger partial charge in [0.2, 0.25) is 0 Å². The maximum Gasteiger partial charge on any atom is 0.251 e. The fourth-order valence-electron chi connectivity index (χ4n) is 4.59. The molecule has 0 spiro atoms. The molecule has 0 saturated carbocycles. The number of nitrogens with one attached hydrogen (secondary N) is 1. The molecule has 0 aromatic heterocycles. The van der Waals surface area contributed by atoms with Crippen molar-refractivity contribution in [1.82, 2.24) is 10.2 Å². The minimum atomic E-state index is 0.0253. The van der Waals surface area contributed by atoms with Crippen LogP contribution in [-0.4, -0.2) is 23.9 Å². The highest BCUT2D eigenvalue weighted by Crippen LogP contribution is 2.26. The van der Waals surface area contributed by atoms with Crippen LogP contribution in [0.3, 0.4) is 0 Å². The van der Waals surface area contributed by atoms with Crippen LogP contribution in [0.1, 0.15) is 77.7 Å². The average Bonchev–Trinajstić information content (AvgIpc) is 3.25. The Morgan fingerprint density at radius 3 is 2.39 bits per heavy atom. The Morgan fingerprint density at radius 2 is 1.68 bits per heavy atom. The van der Waals surface area contributed by atoms with E-state index in [1.54, 1.807) is 0 Å². The lowest BCUT2D eigenvalue weighted by atomic mass is 9.88. The molecule has 1 saturated heterocycles. The van der Waals surface area contributed by atoms with Crippen molar-refractivity contribution < 1.29 is 4.79 Å². The van der Waals surface area contributed by atoms with Crippen LogP contribution in [0.5, 0.6) is 0 Å². The second kappa shape index (κ2) is 8.91. The van der Waals surface area contributed by atoms with E-state index in [-0.39, 0.29) is 11.9 Å². The van der Waals surface area contributed by atoms with Gasteiger partial charge in [-0.3, -0.25) is 9.69 Å². The molecule has 1 amide bonds. The van der Waals surface area contributed by atoms with Gasteiger partial charge in [0.05, 0.1) is 6.04 Å². The number of fused-ring (bicyclic) bond motifs is 1. The molecule has 4 rings (SSSR count). The number of hydrogen-bond acceptors (Lipinski definition) is 2. The van der Waals surface area contributed by atoms with Crippen LogP contribution in [0.2, 0.25) is 0 Å². The Balaban J connectivity index is 1.41. The van der Waals surface area contributed by atoms with Gasteiger partial charge in [-0.15, -0.1) is 0 Å². The summed E-state index contributed by atoms with van der Waals surface area (Å²) in [5.41, 5.74) is 6.25. The summed E-state index contributed by atoms with van der Waals surface area (Å²) in [6, 6.07) is 15.0. The predicted octanol–water partition coefficient (Wildman–Crippen LogP) is 5.04. The number of rotatable bonds is 6. The van der Waals surface area contributed by atoms with E-state index in [1.807, 2.05) is 12.1 Å². The number of likely N-dealkylation sites (tertiary alicyclic amines) is 1. The second-order valence-electron chi connectivity index (χ2n) is 8.35. The summed E-state index contributed by atoms with van der Waals surface area (Å²) in [7, 11) is 0. The highest BCUT2D eigenvalue weighted by molar-refractivity contribution is 5.94. The normalized spacial score (nSPS) is 17.9. The lowest BCUT2D eigenvalue weighted by Crippen LogP contribution is -2.28. The molecule has 1 aliphatic carbocycles. The summed E-state index contributed by atoms with van der Waals surface area (Å²) in [6.07, 6.45) is 8.47. The van der Waals surface area contributed by atoms with Gasteiger partial charge in [-0.2, -0.15) is 0 Å². The molecule has 28 heavy (non-hydrogen) atoms. The van der Waals surface area contributed by atoms with Crippen molar-refractivity contribution in [1.29, 1.82) is 0 Å². The van der Waals surface area contributed by atoms with Crippen molar-refractivity contribution in [3.05, 3.63) is 70.3 Å². The largest absolute Gasteiger partial charge is 0.345 e. The van der Waals surface area contributed by atoms with E-state index in [2.05, 4.69) is 47.5 Å². The molecule has 2 aliphatic rings. The fourth-order valence-corrected chi connectivity index (χ4v) is 4.59. The molecular weight excluding hydrogens is 344 g/mol. The second-order valence-corrected chi connectivity index (χ2v) is 8.35. The van der Waals surface area contributed by atoms with E-state index in [0.717, 1.165) is 18.5 Å². The first-order chi connectivity index (χ1) is 13.7. The number of nitrogens with zero attached hydrogens (tertiary/aromatic N) is 1. The van der Waals surface area contributed by atoms with Crippen molar-refractivity contribution in [2.24, 2.45) is 0 Å². The third-order valence-corrected chi connectivity index (χ3v) is 6.31. The van der Waals surface area contributed by atoms with Crippen LogP contribution in [-0.2, 0) is 19.4 Å². The summed E-state index contributed by atoms with van der Waals surface area (Å²) >= 11 is 0. The Morgan fingerprint density at radius 1 is 0.964 bits per heavy atom. The van der Waals surface area contributed by atoms with Gasteiger partial charge >= 0.3 is 0 Å². The summed E-state index contributed by atoms with van der Waals surface area (Å²) in [4.78, 5) is 15.3. The molecule has 1 fully saturated rings. The molecule has 1 atom stereocenters. The quantitative estimate of drug-likeness (QED) is 0.766. The Hall–Kier alpha value is -2.13. The molecule has 1 N–H and O–H groups in total. The van der Waals surface area contributed by atoms with Crippen molar-refractivity contribution in [3.63, 3.8) is 0 Å². The SMILES string of the molecule is CCC(NC(=O)c1ccc(CN2CCCC2)cc1)c1ccc2c(c1)CCCC2. The van der Waals surface area contributed by atoms with Crippen molar-refractivity contribution in [2.45, 2.75) is 64.5 Å². The monoisotopic (exact) mass is 376 g/mol. The molecule has 1 unspecified atom stereocenters. The summed E-state index contributed by atoms with van der Waals surface area (Å²) < 4.78 is 0. The smallest absolute Gasteiger partial charge is 0.251 e. The Labute approximate surface area is 169 Å². The van der Waals surface area contributed by atoms with E-state index >= 15 is 0 Å². The number of hydrogen-bond donors (Lipinski definition) is 1. The Kier molecular flexibility index (Phi) is 6.11. The van der Waals surface area contributed by atoms with Crippen LogP contribution in [0, 0.1) is 0 Å². The number of benzene rings is 2. The molecule has 2 aromatic rings. The van der Waals surface area contributed by atoms with Gasteiger partial charge in [0, 0.05) is 12.1 Å². The first-order valence-corrected chi connectivity index (χ1v) is 11.0. The van der Waals surface area contributed by atoms with Gasteiger partial charge < -0.3 is 5.32 Å². The van der Waals surface area contributed by atoms with Crippen LogP contribution in [0.15, 0.2) is 42.5 Å². The van der Waals surface area contributed by atoms with Gasteiger partial charge in [-0.25, -0.2) is 0 Å². The van der Waals surface area contributed by atoms with Crippen LogP contribution in [0.25, 0.3) is 0 Å². The van der Waals surface area contributed by atoms with Gasteiger partial charge in [0.25, 0.3) is 5.91 Å². The molecule has 3 heteroatoms. The third kappa shape index (κ3) is 4.47. The zero-order valence-electron chi connectivity index (χ0n) is 17.0. The number of carbonyl (C=O) groups excluding carboxylic acids is 1. The molecule has 1 heterocycles. The highest BCUT2D eigenvalue weighted by Gasteiger charge is 2.17. The van der Waals surface area contributed by atoms with Crippen LogP contribution < -0.4 is 5.32 Å². The Bertz CT molecular complexity index is 806. The van der Waals surface area contributed by atoms with Gasteiger partial charge in [0.15, 0.2) is 0 Å². The zero-order valence-corrected chi connectivity index (χ0v) is 17.0. The maximum absolute atomic E-state index is 12.8. The lowest BCUT2D eigenvalue weighted by molar-refractivity contribution is 0.0935. The molecule has 0 radical (unpaired) electrons. The van der Waals surface area contributed by atoms with Crippen LogP contribution in [0.4, 0.5) is 0 Å². The van der Waals surface area contributed by atoms with Crippen LogP contribution >= 0.6 is 0 Å². The number of aryl methyl sites for hydroxylation is 2. The minimum absolute atomic E-state index is 0.0253. The van der Waals surface area contributed by atoms with E-state index < -0.39 is 0 Å². The topological polar surface area (TPSA) is 32.3 Å². The number of carbonyl (C=O) groups is 1. The zero-order chi connectivity index (χ0) is 19.3. The summed E-state index contributed by atoms with van der Waals surface area (Å²) in [5, 5.41) is 3.25. The van der Waals surface area contributed by atoms with E-state index in [0.29, 0.717) is 0 Å². The average molecular weight is 377 g/mol. The van der Waals surface area contributed by atoms with Gasteiger partial charge in [0.1, 0.15) is 0 Å². The highest BCUT2D eigenvalue weighted by atomic mass is 16.1. The summed E-state index contributed by atoms with van der Waals surface area (Å²) in [6.45, 7) is 5.53. The van der Waals surface area contributed by atoms with Crippen molar-refractivity contribution in [3.8, 4) is 0 Å². The fraction of sp³-hybridized carbons (Fsp3) is 0.480. The molecule has 3 nitrogen and oxygen atoms in total. The minimum Gasteiger partial charge on any atom is -0.345 e. The van der Waals surface area contributed by atoms with Gasteiger partial charge in [-0.1, -0.05) is 37.3 Å². The maximum atomic E-state index is 12.8. The van der Waals surface area contributed by atoms with Crippen molar-refractivity contribution >= 4 is 5.91 Å². The van der Waals surface area contributed by atoms with Gasteiger partial charge in [-0.05, 0) is 92.4 Å². The molecule has 2 aromatic carbocycles. The standard InChI is InChI=1S/C25H32N2O/c1-2-24(23-14-13-20-7-3-4-8-22(20)17-23)26-25(28)21-11-9-19(10-12-21)18-27-15-5-6-16-27/h9-14,17,24H,2-8,15-16,18H2,1H3,(H,26,28).